The molecular formula is HINOS-. The van der Waals surface area contributed by atoms with Gasteiger partial charge in [-0.3, -0.25) is 0 Å². The minimum atomic E-state index is -1.39. The summed E-state index contributed by atoms with van der Waals surface area (Å²) in [5.41, 5.74) is 0. The lowest BCUT2D eigenvalue weighted by Gasteiger charge is -1.64. The molecule has 2 nitrogen and oxygen atoms in total. The molecule has 0 saturated heterocycles. The fraction of sp³-hybridized carbons (Fsp3) is 0. The van der Waals surface area contributed by atoms with Gasteiger partial charge in [0.25, 0.3) is 0 Å². The third-order valence-corrected chi connectivity index (χ3v) is 0. The first-order valence-electron chi connectivity index (χ1n) is 0.525. The molecule has 0 aromatic heterocycles. The predicted octanol–water partition coefficient (Wildman–Crippen LogP) is 1.06. The van der Waals surface area contributed by atoms with E-state index in [2.05, 4.69) is 0 Å². The van der Waals surface area contributed by atoms with Crippen molar-refractivity contribution in [1.29, 1.82) is 4.78 Å². The molecule has 0 aliphatic carbocycles. The summed E-state index contributed by atoms with van der Waals surface area (Å²) in [7, 11) is -1.39. The molecule has 4 heteroatoms. The van der Waals surface area contributed by atoms with Gasteiger partial charge in [-0.15, -0.1) is 7.77 Å². The van der Waals surface area contributed by atoms with Crippen LogP contribution in [0.3, 0.4) is 0 Å². The molecule has 0 spiro atoms. The highest BCUT2D eigenvalue weighted by Crippen LogP contribution is 1.74. The Bertz CT molecular complexity index is 56.4. The van der Waals surface area contributed by atoms with Crippen LogP contribution in [0.25, 0.3) is 0 Å². The third kappa shape index (κ3) is 16.4. The monoisotopic (exact) mass is 190 g/mol. The van der Waals surface area contributed by atoms with Gasteiger partial charge in [0.05, 0.1) is 0 Å². The molecule has 4 heavy (non-hydrogen) atoms. The van der Waals surface area contributed by atoms with Gasteiger partial charge in [-0.25, -0.2) is 0 Å². The molecule has 0 aliphatic rings. The Morgan fingerprint density at radius 3 is 2.00 bits per heavy atom. The Hall–Kier alpha value is 0.680. The fourth-order valence-corrected chi connectivity index (χ4v) is 0. The summed E-state index contributed by atoms with van der Waals surface area (Å²) in [6, 6.07) is 0. The van der Waals surface area contributed by atoms with E-state index in [4.69, 9.17) is 4.78 Å². The molecule has 0 heterocycles. The van der Waals surface area contributed by atoms with Crippen molar-refractivity contribution in [2.75, 3.05) is 0 Å². The van der Waals surface area contributed by atoms with Crippen molar-refractivity contribution < 1.29 is 4.21 Å². The Labute approximate surface area is 38.2 Å². The highest BCUT2D eigenvalue weighted by atomic mass is 127. The minimum absolute atomic E-state index is 1.39. The largest absolute Gasteiger partial charge is 0.435 e. The highest BCUT2D eigenvalue weighted by Gasteiger charge is 1.21. The second-order valence-corrected chi connectivity index (χ2v) is 3.07. The Morgan fingerprint density at radius 2 is 2.00 bits per heavy atom. The van der Waals surface area contributed by atoms with E-state index in [9.17, 15) is 4.21 Å². The number of hydrogen-bond donors (Lipinski definition) is 1. The lowest BCUT2D eigenvalue weighted by Crippen LogP contribution is -1.27. The molecule has 0 aliphatic heterocycles. The summed E-state index contributed by atoms with van der Waals surface area (Å²) in [6.45, 7) is 0. The Kier molecular flexibility index (Phi) is 2.28. The summed E-state index contributed by atoms with van der Waals surface area (Å²) in [5.74, 6) is 0. The number of nitrogens with one attached hydrogen (secondary N) is 1. The van der Waals surface area contributed by atoms with Crippen molar-refractivity contribution in [2.24, 2.45) is 0 Å². The lowest BCUT2D eigenvalue weighted by atomic mass is 14.0. The highest BCUT2D eigenvalue weighted by molar-refractivity contribution is 14.2. The molecule has 0 rings (SSSR count). The van der Waals surface area contributed by atoms with E-state index >= 15 is 0 Å². The quantitative estimate of drug-likeness (QED) is 0.346. The number of hydrogen-bond acceptors (Lipinski definition) is 3. The van der Waals surface area contributed by atoms with Gasteiger partial charge in [0.2, 0.25) is 0 Å². The molecule has 0 unspecified atom stereocenters. The van der Waals surface area contributed by atoms with Crippen LogP contribution in [0.1, 0.15) is 0 Å². The summed E-state index contributed by atoms with van der Waals surface area (Å²) in [6.07, 6.45) is 0. The Balaban J connectivity index is 3.51. The van der Waals surface area contributed by atoms with Crippen molar-refractivity contribution in [2.45, 2.75) is 0 Å². The summed E-state index contributed by atoms with van der Waals surface area (Å²) >= 11 is 1.48. The summed E-state index contributed by atoms with van der Waals surface area (Å²) in [4.78, 5) is 0. The molecule has 0 amide bonds. The van der Waals surface area contributed by atoms with Crippen LogP contribution in [-0.2, 0) is 12.0 Å². The summed E-state index contributed by atoms with van der Waals surface area (Å²) < 4.78 is 15.3. The van der Waals surface area contributed by atoms with Crippen LogP contribution in [0.15, 0.2) is 0 Å². The smallest absolute Gasteiger partial charge is 0.132 e. The van der Waals surface area contributed by atoms with E-state index in [0.29, 0.717) is 0 Å². The van der Waals surface area contributed by atoms with Gasteiger partial charge in [0, 0.05) is 0 Å². The van der Waals surface area contributed by atoms with Crippen LogP contribution in [0, 0.1) is 4.78 Å². The zero-order valence-corrected chi connectivity index (χ0v) is 4.67. The standard InChI is InChI=1S/HINOS/c1-4(2)3/h2H/q-1. The van der Waals surface area contributed by atoms with Crippen molar-refractivity contribution in [3.05, 3.63) is 0 Å². The molecular weight excluding hydrogens is 189 g/mol. The maximum atomic E-state index is 9.21. The average molecular weight is 190 g/mol. The van der Waals surface area contributed by atoms with E-state index in [1.807, 2.05) is 0 Å². The molecule has 0 bridgehead atoms. The van der Waals surface area contributed by atoms with Gasteiger partial charge in [0.15, 0.2) is 0 Å². The first kappa shape index (κ1) is 4.68. The van der Waals surface area contributed by atoms with E-state index in [0.717, 1.165) is 0 Å². The first-order chi connectivity index (χ1) is 1.73. The van der Waals surface area contributed by atoms with E-state index in [-0.39, 0.29) is 0 Å². The average Bonchev–Trinajstić information content (AvgIpc) is 0.811. The fourth-order valence-electron chi connectivity index (χ4n) is 0. The van der Waals surface area contributed by atoms with Gasteiger partial charge in [-0.2, -0.15) is 21.2 Å². The van der Waals surface area contributed by atoms with Crippen LogP contribution < -0.4 is 0 Å². The molecule has 0 fully saturated rings. The topological polar surface area (TPSA) is 40.9 Å². The van der Waals surface area contributed by atoms with E-state index in [1.54, 1.807) is 0 Å². The lowest BCUT2D eigenvalue weighted by molar-refractivity contribution is 0.607. The van der Waals surface area contributed by atoms with Crippen LogP contribution >= 0.6 is 21.2 Å². The zero-order valence-electron chi connectivity index (χ0n) is 1.69. The van der Waals surface area contributed by atoms with Gasteiger partial charge in [0.1, 0.15) is 0 Å². The van der Waals surface area contributed by atoms with Gasteiger partial charge in [-0.05, 0) is 0 Å². The minimum Gasteiger partial charge on any atom is -0.435 e. The van der Waals surface area contributed by atoms with E-state index in [1.165, 1.54) is 21.2 Å². The molecule has 0 saturated carbocycles. The number of halogens is 1. The van der Waals surface area contributed by atoms with Gasteiger partial charge < -0.3 is 8.99 Å². The number of rotatable bonds is 0. The molecule has 0 atom stereocenters. The molecule has 0 aromatic carbocycles. The molecule has 26 valence electrons. The maximum absolute atomic E-state index is 9.21. The van der Waals surface area contributed by atoms with Gasteiger partial charge in [-0.1, -0.05) is 0 Å². The Morgan fingerprint density at radius 1 is 2.00 bits per heavy atom. The third-order valence-electron chi connectivity index (χ3n) is 0. The second-order valence-electron chi connectivity index (χ2n) is 0.223. The first-order valence-corrected chi connectivity index (χ1v) is 4.22. The second kappa shape index (κ2) is 1.95. The molecule has 0 radical (unpaired) electrons. The SMILES string of the molecule is N=[S-](=O)I. The maximum Gasteiger partial charge on any atom is -0.132 e. The van der Waals surface area contributed by atoms with Crippen LogP contribution in [0.5, 0.6) is 0 Å². The summed E-state index contributed by atoms with van der Waals surface area (Å²) in [5, 5.41) is 0. The predicted molar refractivity (Wildman–Crippen MR) is 24.8 cm³/mol. The molecule has 1 N–H and O–H groups in total. The van der Waals surface area contributed by atoms with E-state index < -0.39 is 7.77 Å². The van der Waals surface area contributed by atoms with Crippen molar-refractivity contribution in [3.8, 4) is 0 Å². The molecule has 0 aromatic rings. The van der Waals surface area contributed by atoms with Crippen molar-refractivity contribution >= 4 is 29.0 Å². The zero-order chi connectivity index (χ0) is 3.58. The normalized spacial score (nSPS) is 8.50. The van der Waals surface area contributed by atoms with Crippen LogP contribution in [0.2, 0.25) is 0 Å². The van der Waals surface area contributed by atoms with Crippen molar-refractivity contribution in [3.63, 3.8) is 0 Å². The van der Waals surface area contributed by atoms with Crippen LogP contribution in [-0.4, -0.2) is 0 Å². The van der Waals surface area contributed by atoms with Gasteiger partial charge >= 0.3 is 0 Å². The van der Waals surface area contributed by atoms with Crippen LogP contribution in [0.4, 0.5) is 0 Å². The van der Waals surface area contributed by atoms with Crippen molar-refractivity contribution in [1.82, 2.24) is 0 Å².